The second kappa shape index (κ2) is 6.24. The van der Waals surface area contributed by atoms with E-state index in [0.29, 0.717) is 11.4 Å². The van der Waals surface area contributed by atoms with Crippen molar-refractivity contribution < 1.29 is 8.42 Å². The maximum atomic E-state index is 12.5. The summed E-state index contributed by atoms with van der Waals surface area (Å²) >= 11 is 0. The van der Waals surface area contributed by atoms with Crippen LogP contribution in [0.5, 0.6) is 0 Å². The van der Waals surface area contributed by atoms with Crippen molar-refractivity contribution in [2.75, 3.05) is 19.6 Å². The molecule has 0 amide bonds. The Hall–Kier alpha value is -0.910. The summed E-state index contributed by atoms with van der Waals surface area (Å²) in [5.41, 5.74) is 0.926. The molecule has 0 atom stereocenters. The Morgan fingerprint density at radius 2 is 1.90 bits per heavy atom. The van der Waals surface area contributed by atoms with Crippen molar-refractivity contribution >= 4 is 10.0 Å². The van der Waals surface area contributed by atoms with E-state index in [0.717, 1.165) is 37.9 Å². The Morgan fingerprint density at radius 1 is 1.25 bits per heavy atom. The molecule has 0 aliphatic carbocycles. The molecule has 0 aromatic heterocycles. The first-order chi connectivity index (χ1) is 9.47. The third kappa shape index (κ3) is 3.59. The lowest BCUT2D eigenvalue weighted by Crippen LogP contribution is -2.43. The van der Waals surface area contributed by atoms with E-state index in [9.17, 15) is 8.42 Å². The van der Waals surface area contributed by atoms with Gasteiger partial charge >= 0.3 is 0 Å². The number of aryl methyl sites for hydroxylation is 1. The summed E-state index contributed by atoms with van der Waals surface area (Å²) in [6.45, 7) is 6.56. The fourth-order valence-electron chi connectivity index (χ4n) is 2.61. The molecule has 0 radical (unpaired) electrons. The van der Waals surface area contributed by atoms with Crippen LogP contribution in [0.4, 0.5) is 0 Å². The van der Waals surface area contributed by atoms with Crippen LogP contribution in [0.2, 0.25) is 0 Å². The van der Waals surface area contributed by atoms with Crippen molar-refractivity contribution in [3.8, 4) is 0 Å². The van der Waals surface area contributed by atoms with Gasteiger partial charge in [-0.05, 0) is 49.4 Å². The molecule has 0 bridgehead atoms. The summed E-state index contributed by atoms with van der Waals surface area (Å²) in [5.74, 6) is 0. The maximum absolute atomic E-state index is 12.5. The average molecular weight is 296 g/mol. The largest absolute Gasteiger partial charge is 0.317 e. The van der Waals surface area contributed by atoms with Crippen LogP contribution in [0.15, 0.2) is 29.2 Å². The zero-order valence-electron chi connectivity index (χ0n) is 12.3. The topological polar surface area (TPSA) is 58.2 Å². The van der Waals surface area contributed by atoms with Gasteiger partial charge in [0, 0.05) is 6.54 Å². The maximum Gasteiger partial charge on any atom is 0.240 e. The SMILES string of the molecule is CCc1ccccc1S(=O)(=O)NCC1(C)CCNCC1. The lowest BCUT2D eigenvalue weighted by molar-refractivity contribution is 0.232. The molecule has 0 spiro atoms. The van der Waals surface area contributed by atoms with Gasteiger partial charge in [-0.25, -0.2) is 13.1 Å². The molecule has 1 fully saturated rings. The third-order valence-electron chi connectivity index (χ3n) is 4.14. The van der Waals surface area contributed by atoms with Crippen LogP contribution in [0, 0.1) is 5.41 Å². The van der Waals surface area contributed by atoms with Gasteiger partial charge in [0.2, 0.25) is 10.0 Å². The minimum atomic E-state index is -3.41. The highest BCUT2D eigenvalue weighted by atomic mass is 32.2. The number of nitrogens with one attached hydrogen (secondary N) is 2. The Balaban J connectivity index is 2.11. The van der Waals surface area contributed by atoms with E-state index in [1.165, 1.54) is 0 Å². The Bertz CT molecular complexity index is 549. The quantitative estimate of drug-likeness (QED) is 0.873. The monoisotopic (exact) mass is 296 g/mol. The van der Waals surface area contributed by atoms with E-state index in [1.54, 1.807) is 12.1 Å². The van der Waals surface area contributed by atoms with Crippen molar-refractivity contribution in [1.29, 1.82) is 0 Å². The van der Waals surface area contributed by atoms with Crippen molar-refractivity contribution in [1.82, 2.24) is 10.0 Å². The standard InChI is InChI=1S/C15H24N2O2S/c1-3-13-6-4-5-7-14(13)20(18,19)17-12-15(2)8-10-16-11-9-15/h4-7,16-17H,3,8-12H2,1-2H3. The molecule has 5 heteroatoms. The molecule has 112 valence electrons. The molecule has 20 heavy (non-hydrogen) atoms. The summed E-state index contributed by atoms with van der Waals surface area (Å²) in [4.78, 5) is 0.417. The van der Waals surface area contributed by atoms with E-state index in [-0.39, 0.29) is 5.41 Å². The minimum absolute atomic E-state index is 0.0550. The number of hydrogen-bond donors (Lipinski definition) is 2. The number of piperidine rings is 1. The second-order valence-electron chi connectivity index (χ2n) is 5.85. The summed E-state index contributed by atoms with van der Waals surface area (Å²) in [6.07, 6.45) is 2.73. The first-order valence-electron chi connectivity index (χ1n) is 7.25. The summed E-state index contributed by atoms with van der Waals surface area (Å²) in [6, 6.07) is 7.22. The number of benzene rings is 1. The van der Waals surface area contributed by atoms with Crippen LogP contribution >= 0.6 is 0 Å². The average Bonchev–Trinajstić information content (AvgIpc) is 2.46. The van der Waals surface area contributed by atoms with E-state index in [4.69, 9.17) is 0 Å². The molecule has 1 aliphatic heterocycles. The van der Waals surface area contributed by atoms with Crippen molar-refractivity contribution in [2.45, 2.75) is 38.0 Å². The molecular formula is C15H24N2O2S. The van der Waals surface area contributed by atoms with Crippen molar-refractivity contribution in [3.63, 3.8) is 0 Å². The van der Waals surface area contributed by atoms with Gasteiger partial charge in [-0.1, -0.05) is 32.0 Å². The van der Waals surface area contributed by atoms with Gasteiger partial charge in [0.1, 0.15) is 0 Å². The summed E-state index contributed by atoms with van der Waals surface area (Å²) in [5, 5.41) is 3.31. The molecule has 0 unspecified atom stereocenters. The fourth-order valence-corrected chi connectivity index (χ4v) is 4.12. The van der Waals surface area contributed by atoms with Gasteiger partial charge in [0.15, 0.2) is 0 Å². The molecule has 0 saturated carbocycles. The zero-order chi connectivity index (χ0) is 14.6. The Kier molecular flexibility index (Phi) is 4.83. The zero-order valence-corrected chi connectivity index (χ0v) is 13.1. The van der Waals surface area contributed by atoms with Crippen LogP contribution in [0.25, 0.3) is 0 Å². The van der Waals surface area contributed by atoms with Crippen LogP contribution < -0.4 is 10.0 Å². The van der Waals surface area contributed by atoms with Gasteiger partial charge in [0.25, 0.3) is 0 Å². The molecular weight excluding hydrogens is 272 g/mol. The van der Waals surface area contributed by atoms with E-state index in [1.807, 2.05) is 19.1 Å². The van der Waals surface area contributed by atoms with Crippen molar-refractivity contribution in [2.24, 2.45) is 5.41 Å². The minimum Gasteiger partial charge on any atom is -0.317 e. The van der Waals surface area contributed by atoms with Crippen LogP contribution in [-0.4, -0.2) is 28.1 Å². The van der Waals surface area contributed by atoms with E-state index < -0.39 is 10.0 Å². The number of sulfonamides is 1. The Labute approximate surface area is 122 Å². The van der Waals surface area contributed by atoms with Gasteiger partial charge in [-0.2, -0.15) is 0 Å². The smallest absolute Gasteiger partial charge is 0.240 e. The Morgan fingerprint density at radius 3 is 2.55 bits per heavy atom. The molecule has 1 aliphatic rings. The van der Waals surface area contributed by atoms with Crippen LogP contribution in [0.3, 0.4) is 0 Å². The molecule has 1 aromatic rings. The highest BCUT2D eigenvalue weighted by Crippen LogP contribution is 2.27. The van der Waals surface area contributed by atoms with Crippen LogP contribution in [-0.2, 0) is 16.4 Å². The number of hydrogen-bond acceptors (Lipinski definition) is 3. The highest BCUT2D eigenvalue weighted by Gasteiger charge is 2.29. The first kappa shape index (κ1) is 15.5. The first-order valence-corrected chi connectivity index (χ1v) is 8.73. The predicted octanol–water partition coefficient (Wildman–Crippen LogP) is 1.92. The third-order valence-corrected chi connectivity index (χ3v) is 5.64. The van der Waals surface area contributed by atoms with E-state index >= 15 is 0 Å². The van der Waals surface area contributed by atoms with Crippen LogP contribution in [0.1, 0.15) is 32.3 Å². The summed E-state index contributed by atoms with van der Waals surface area (Å²) in [7, 11) is -3.41. The molecule has 1 saturated heterocycles. The fraction of sp³-hybridized carbons (Fsp3) is 0.600. The van der Waals surface area contributed by atoms with Gasteiger partial charge in [0.05, 0.1) is 4.90 Å². The lowest BCUT2D eigenvalue weighted by atomic mass is 9.81. The molecule has 2 rings (SSSR count). The summed E-state index contributed by atoms with van der Waals surface area (Å²) < 4.78 is 27.7. The van der Waals surface area contributed by atoms with E-state index in [2.05, 4.69) is 17.0 Å². The molecule has 1 heterocycles. The normalized spacial score (nSPS) is 18.9. The molecule has 1 aromatic carbocycles. The second-order valence-corrected chi connectivity index (χ2v) is 7.58. The van der Waals surface area contributed by atoms with Gasteiger partial charge in [-0.15, -0.1) is 0 Å². The lowest BCUT2D eigenvalue weighted by Gasteiger charge is -2.34. The highest BCUT2D eigenvalue weighted by molar-refractivity contribution is 7.89. The predicted molar refractivity (Wildman–Crippen MR) is 81.2 cm³/mol. The van der Waals surface area contributed by atoms with Gasteiger partial charge < -0.3 is 5.32 Å². The van der Waals surface area contributed by atoms with Crippen molar-refractivity contribution in [3.05, 3.63) is 29.8 Å². The molecule has 4 nitrogen and oxygen atoms in total. The van der Waals surface area contributed by atoms with Gasteiger partial charge in [-0.3, -0.25) is 0 Å². The molecule has 2 N–H and O–H groups in total. The number of rotatable bonds is 5.